The van der Waals surface area contributed by atoms with Gasteiger partial charge in [-0.3, -0.25) is 0 Å². The van der Waals surface area contributed by atoms with E-state index in [2.05, 4.69) is 27.4 Å². The van der Waals surface area contributed by atoms with Gasteiger partial charge in [0.2, 0.25) is 0 Å². The number of thiocarbonyl (C=S) groups is 1. The number of fused-ring (bicyclic) bond motifs is 1. The van der Waals surface area contributed by atoms with Gasteiger partial charge >= 0.3 is 0 Å². The minimum absolute atomic E-state index is 0.528. The molecule has 0 saturated heterocycles. The predicted molar refractivity (Wildman–Crippen MR) is 69.5 cm³/mol. The fourth-order valence-electron chi connectivity index (χ4n) is 1.57. The highest BCUT2D eigenvalue weighted by Gasteiger charge is 2.06. The van der Waals surface area contributed by atoms with Crippen molar-refractivity contribution >= 4 is 34.0 Å². The highest BCUT2D eigenvalue weighted by molar-refractivity contribution is 7.78. The third kappa shape index (κ3) is 2.25. The van der Waals surface area contributed by atoms with Crippen LogP contribution in [0.15, 0.2) is 29.4 Å². The van der Waals surface area contributed by atoms with E-state index < -0.39 is 0 Å². The van der Waals surface area contributed by atoms with Gasteiger partial charge in [0.25, 0.3) is 0 Å². The Morgan fingerprint density at radius 3 is 2.35 bits per heavy atom. The fourth-order valence-corrected chi connectivity index (χ4v) is 1.66. The van der Waals surface area contributed by atoms with Crippen molar-refractivity contribution in [3.8, 4) is 11.5 Å². The van der Waals surface area contributed by atoms with Crippen LogP contribution in [0.5, 0.6) is 11.5 Å². The van der Waals surface area contributed by atoms with Crippen LogP contribution in [0.1, 0.15) is 0 Å². The first-order valence-electron chi connectivity index (χ1n) is 4.88. The van der Waals surface area contributed by atoms with Gasteiger partial charge in [0.15, 0.2) is 17.3 Å². The summed E-state index contributed by atoms with van der Waals surface area (Å²) < 4.78 is 10.4. The van der Waals surface area contributed by atoms with Crippen LogP contribution in [0.2, 0.25) is 0 Å². The Labute approximate surface area is 104 Å². The summed E-state index contributed by atoms with van der Waals surface area (Å²) >= 11 is 4.54. The number of isothiocyanates is 1. The lowest BCUT2D eigenvalue weighted by atomic mass is 10.1. The standard InChI is InChI=1S/C12H10N2O2S/c1-15-10-3-8-5-12(14-7-17)13-6-9(8)4-11(10)16-2/h3-6H,1-2H3. The van der Waals surface area contributed by atoms with Crippen LogP contribution in [0.25, 0.3) is 10.8 Å². The number of aromatic nitrogens is 1. The molecule has 0 fully saturated rings. The first kappa shape index (κ1) is 11.5. The molecule has 4 nitrogen and oxygen atoms in total. The minimum atomic E-state index is 0.528. The number of aliphatic imine (C=N–C) groups is 1. The van der Waals surface area contributed by atoms with E-state index in [4.69, 9.17) is 9.47 Å². The summed E-state index contributed by atoms with van der Waals surface area (Å²) in [6, 6.07) is 5.56. The molecule has 1 heterocycles. The van der Waals surface area contributed by atoms with Crippen molar-refractivity contribution < 1.29 is 9.47 Å². The average Bonchev–Trinajstić information content (AvgIpc) is 2.37. The number of hydrogen-bond acceptors (Lipinski definition) is 5. The highest BCUT2D eigenvalue weighted by Crippen LogP contribution is 2.32. The SMILES string of the molecule is COc1cc2cnc(N=C=S)cc2cc1OC. The quantitative estimate of drug-likeness (QED) is 0.617. The van der Waals surface area contributed by atoms with E-state index in [0.717, 1.165) is 10.8 Å². The number of rotatable bonds is 3. The van der Waals surface area contributed by atoms with E-state index in [1.807, 2.05) is 18.2 Å². The summed E-state index contributed by atoms with van der Waals surface area (Å²) in [6.07, 6.45) is 1.71. The number of nitrogens with zero attached hydrogens (tertiary/aromatic N) is 2. The fraction of sp³-hybridized carbons (Fsp3) is 0.167. The van der Waals surface area contributed by atoms with Crippen LogP contribution in [0.3, 0.4) is 0 Å². The third-order valence-electron chi connectivity index (χ3n) is 2.37. The van der Waals surface area contributed by atoms with Crippen molar-refractivity contribution in [1.82, 2.24) is 4.98 Å². The zero-order valence-corrected chi connectivity index (χ0v) is 10.2. The predicted octanol–water partition coefficient (Wildman–Crippen LogP) is 2.99. The normalized spacial score (nSPS) is 9.76. The summed E-state index contributed by atoms with van der Waals surface area (Å²) in [5.41, 5.74) is 0. The van der Waals surface area contributed by atoms with E-state index in [9.17, 15) is 0 Å². The zero-order chi connectivity index (χ0) is 12.3. The lowest BCUT2D eigenvalue weighted by Crippen LogP contribution is -1.90. The van der Waals surface area contributed by atoms with E-state index in [1.54, 1.807) is 20.4 Å². The molecule has 0 atom stereocenters. The van der Waals surface area contributed by atoms with Gasteiger partial charge in [0.05, 0.1) is 19.4 Å². The molecular weight excluding hydrogens is 236 g/mol. The Bertz CT molecular complexity index is 607. The topological polar surface area (TPSA) is 43.7 Å². The van der Waals surface area contributed by atoms with Crippen molar-refractivity contribution in [2.24, 2.45) is 4.99 Å². The molecule has 0 N–H and O–H groups in total. The molecular formula is C12H10N2O2S. The second kappa shape index (κ2) is 4.91. The maximum Gasteiger partial charge on any atom is 0.163 e. The van der Waals surface area contributed by atoms with Crippen LogP contribution >= 0.6 is 12.2 Å². The molecule has 17 heavy (non-hydrogen) atoms. The van der Waals surface area contributed by atoms with E-state index in [-0.39, 0.29) is 0 Å². The molecule has 0 aliphatic heterocycles. The van der Waals surface area contributed by atoms with Crippen LogP contribution in [-0.2, 0) is 0 Å². The van der Waals surface area contributed by atoms with Gasteiger partial charge in [-0.1, -0.05) is 0 Å². The van der Waals surface area contributed by atoms with E-state index >= 15 is 0 Å². The Kier molecular flexibility index (Phi) is 3.32. The van der Waals surface area contributed by atoms with Gasteiger partial charge in [-0.05, 0) is 35.8 Å². The van der Waals surface area contributed by atoms with Crippen molar-refractivity contribution in [2.75, 3.05) is 14.2 Å². The summed E-state index contributed by atoms with van der Waals surface area (Å²) in [4.78, 5) is 7.97. The van der Waals surface area contributed by atoms with Gasteiger partial charge in [-0.15, -0.1) is 0 Å². The maximum absolute atomic E-state index is 5.23. The number of ether oxygens (including phenoxy) is 2. The third-order valence-corrected chi connectivity index (χ3v) is 2.46. The molecule has 0 aliphatic carbocycles. The van der Waals surface area contributed by atoms with Gasteiger partial charge in [-0.2, -0.15) is 4.99 Å². The van der Waals surface area contributed by atoms with Crippen molar-refractivity contribution in [1.29, 1.82) is 0 Å². The molecule has 0 amide bonds. The summed E-state index contributed by atoms with van der Waals surface area (Å²) in [5.74, 6) is 1.87. The number of benzene rings is 1. The average molecular weight is 246 g/mol. The van der Waals surface area contributed by atoms with Crippen LogP contribution < -0.4 is 9.47 Å². The lowest BCUT2D eigenvalue weighted by Gasteiger charge is -2.08. The van der Waals surface area contributed by atoms with E-state index in [0.29, 0.717) is 17.3 Å². The molecule has 0 bridgehead atoms. The number of methoxy groups -OCH3 is 2. The largest absolute Gasteiger partial charge is 0.493 e. The Morgan fingerprint density at radius 1 is 1.12 bits per heavy atom. The smallest absolute Gasteiger partial charge is 0.163 e. The second-order valence-electron chi connectivity index (χ2n) is 3.30. The van der Waals surface area contributed by atoms with E-state index in [1.165, 1.54) is 0 Å². The molecule has 2 rings (SSSR count). The van der Waals surface area contributed by atoms with Gasteiger partial charge in [0, 0.05) is 11.6 Å². The van der Waals surface area contributed by atoms with Crippen LogP contribution in [0.4, 0.5) is 5.82 Å². The number of pyridine rings is 1. The van der Waals surface area contributed by atoms with Gasteiger partial charge < -0.3 is 9.47 Å². The van der Waals surface area contributed by atoms with Gasteiger partial charge in [-0.25, -0.2) is 4.98 Å². The van der Waals surface area contributed by atoms with Crippen molar-refractivity contribution in [2.45, 2.75) is 0 Å². The Balaban J connectivity index is 2.65. The summed E-state index contributed by atoms with van der Waals surface area (Å²) in [5, 5.41) is 4.20. The molecule has 1 aromatic carbocycles. The molecule has 1 aromatic heterocycles. The first-order chi connectivity index (χ1) is 8.28. The van der Waals surface area contributed by atoms with Crippen molar-refractivity contribution in [3.63, 3.8) is 0 Å². The minimum Gasteiger partial charge on any atom is -0.493 e. The number of hydrogen-bond donors (Lipinski definition) is 0. The summed E-state index contributed by atoms with van der Waals surface area (Å²) in [7, 11) is 3.20. The Hall–Kier alpha value is -1.97. The molecule has 5 heteroatoms. The molecule has 0 spiro atoms. The lowest BCUT2D eigenvalue weighted by molar-refractivity contribution is 0.356. The molecule has 0 saturated carbocycles. The molecule has 2 aromatic rings. The molecule has 0 aliphatic rings. The summed E-state index contributed by atoms with van der Waals surface area (Å²) in [6.45, 7) is 0. The van der Waals surface area contributed by atoms with Crippen molar-refractivity contribution in [3.05, 3.63) is 24.4 Å². The maximum atomic E-state index is 5.23. The highest BCUT2D eigenvalue weighted by atomic mass is 32.1. The second-order valence-corrected chi connectivity index (χ2v) is 3.48. The zero-order valence-electron chi connectivity index (χ0n) is 9.43. The van der Waals surface area contributed by atoms with Crippen LogP contribution in [0, 0.1) is 0 Å². The molecule has 0 unspecified atom stereocenters. The molecule has 86 valence electrons. The molecule has 0 radical (unpaired) electrons. The first-order valence-corrected chi connectivity index (χ1v) is 5.29. The van der Waals surface area contributed by atoms with Gasteiger partial charge in [0.1, 0.15) is 0 Å². The monoisotopic (exact) mass is 246 g/mol. The Morgan fingerprint density at radius 2 is 1.76 bits per heavy atom. The van der Waals surface area contributed by atoms with Crippen LogP contribution in [-0.4, -0.2) is 24.4 Å².